The molecule has 4 rings (SSSR count). The molecule has 26 heavy (non-hydrogen) atoms. The predicted octanol–water partition coefficient (Wildman–Crippen LogP) is 3.35. The molecule has 7 heteroatoms. The first-order chi connectivity index (χ1) is 12.5. The third kappa shape index (κ3) is 2.59. The van der Waals surface area contributed by atoms with Gasteiger partial charge in [-0.2, -0.15) is 9.37 Å². The molecule has 1 atom stereocenters. The number of amides is 3. The number of hydrogen-bond acceptors (Lipinski definition) is 5. The lowest BCUT2D eigenvalue weighted by Crippen LogP contribution is -2.55. The van der Waals surface area contributed by atoms with Gasteiger partial charge in [-0.05, 0) is 50.0 Å². The van der Waals surface area contributed by atoms with E-state index in [4.69, 9.17) is 4.52 Å². The summed E-state index contributed by atoms with van der Waals surface area (Å²) in [5.74, 6) is 0.474. The zero-order chi connectivity index (χ0) is 18.4. The summed E-state index contributed by atoms with van der Waals surface area (Å²) in [5, 5.41) is 5.43. The van der Waals surface area contributed by atoms with E-state index in [0.717, 1.165) is 16.8 Å². The van der Waals surface area contributed by atoms with Crippen molar-refractivity contribution >= 4 is 35.1 Å². The average molecular weight is 368 g/mol. The molecule has 2 aliphatic rings. The van der Waals surface area contributed by atoms with Crippen LogP contribution in [-0.2, 0) is 11.3 Å². The Hall–Kier alpha value is -2.67. The molecule has 0 radical (unpaired) electrons. The summed E-state index contributed by atoms with van der Waals surface area (Å²) >= 11 is 1.42. The number of hydrogen-bond donors (Lipinski definition) is 0. The molecule has 132 valence electrons. The minimum Gasteiger partial charge on any atom is -0.361 e. The Morgan fingerprint density at radius 3 is 2.77 bits per heavy atom. The second kappa shape index (κ2) is 6.25. The Bertz CT molecular complexity index is 970. The smallest absolute Gasteiger partial charge is 0.361 e. The molecule has 2 aliphatic heterocycles. The van der Waals surface area contributed by atoms with E-state index in [1.54, 1.807) is 10.6 Å². The summed E-state index contributed by atoms with van der Waals surface area (Å²) in [7, 11) is 0. The van der Waals surface area contributed by atoms with E-state index in [2.05, 4.69) is 5.16 Å². The van der Waals surface area contributed by atoms with Gasteiger partial charge in [-0.25, -0.2) is 4.79 Å². The van der Waals surface area contributed by atoms with Gasteiger partial charge in [0.1, 0.15) is 23.7 Å². The molecule has 1 unspecified atom stereocenters. The van der Waals surface area contributed by atoms with Gasteiger partial charge in [-0.1, -0.05) is 17.3 Å². The topological polar surface area (TPSA) is 66.4 Å². The van der Waals surface area contributed by atoms with E-state index < -0.39 is 5.25 Å². The van der Waals surface area contributed by atoms with Crippen LogP contribution in [0.2, 0.25) is 0 Å². The number of rotatable bonds is 3. The lowest BCUT2D eigenvalue weighted by atomic mass is 10.1. The van der Waals surface area contributed by atoms with Crippen LogP contribution in [0.1, 0.15) is 22.6 Å². The molecule has 0 aliphatic carbocycles. The monoisotopic (exact) mass is 368 g/mol. The summed E-state index contributed by atoms with van der Waals surface area (Å²) in [6.07, 6.45) is 1.84. The van der Waals surface area contributed by atoms with Crippen LogP contribution in [-0.4, -0.2) is 32.6 Å². The molecule has 1 aromatic heterocycles. The Labute approximate surface area is 155 Å². The molecule has 2 aromatic rings. The average Bonchev–Trinajstić information content (AvgIpc) is 3.20. The van der Waals surface area contributed by atoms with Crippen LogP contribution in [0.3, 0.4) is 0 Å². The zero-order valence-electron chi connectivity index (χ0n) is 14.7. The Balaban J connectivity index is 1.81. The molecular weight excluding hydrogens is 350 g/mol. The van der Waals surface area contributed by atoms with Crippen molar-refractivity contribution in [3.8, 4) is 0 Å². The van der Waals surface area contributed by atoms with Crippen molar-refractivity contribution in [3.05, 3.63) is 58.3 Å². The number of aromatic nitrogens is 1. The highest BCUT2D eigenvalue weighted by molar-refractivity contribution is 8.04. The number of anilines is 1. The molecule has 0 saturated carbocycles. The molecule has 0 fully saturated rings. The quantitative estimate of drug-likeness (QED) is 0.778. The van der Waals surface area contributed by atoms with Crippen LogP contribution in [0, 0.1) is 20.8 Å². The first-order valence-electron chi connectivity index (χ1n) is 8.30. The maximum Gasteiger partial charge on any atom is 0.506 e. The predicted molar refractivity (Wildman–Crippen MR) is 99.5 cm³/mol. The summed E-state index contributed by atoms with van der Waals surface area (Å²) in [5.41, 5.74) is 3.92. The van der Waals surface area contributed by atoms with E-state index in [-0.39, 0.29) is 11.9 Å². The molecule has 3 amide bonds. The summed E-state index contributed by atoms with van der Waals surface area (Å²) in [6.45, 7) is 5.94. The molecule has 1 aromatic carbocycles. The van der Waals surface area contributed by atoms with Gasteiger partial charge in [0.25, 0.3) is 0 Å². The number of allylic oxidation sites excluding steroid dienone is 1. The van der Waals surface area contributed by atoms with Crippen molar-refractivity contribution in [2.24, 2.45) is 0 Å². The van der Waals surface area contributed by atoms with E-state index in [9.17, 15) is 9.59 Å². The van der Waals surface area contributed by atoms with Gasteiger partial charge < -0.3 is 4.52 Å². The Morgan fingerprint density at radius 2 is 2.08 bits per heavy atom. The molecule has 3 heterocycles. The van der Waals surface area contributed by atoms with Crippen molar-refractivity contribution in [3.63, 3.8) is 0 Å². The fourth-order valence-electron chi connectivity index (χ4n) is 3.25. The van der Waals surface area contributed by atoms with Gasteiger partial charge in [0.05, 0.1) is 11.3 Å². The van der Waals surface area contributed by atoms with E-state index in [0.29, 0.717) is 23.7 Å². The zero-order valence-corrected chi connectivity index (χ0v) is 15.5. The fourth-order valence-corrected chi connectivity index (χ4v) is 4.20. The number of urea groups is 1. The van der Waals surface area contributed by atoms with Gasteiger partial charge in [-0.15, -0.1) is 16.7 Å². The van der Waals surface area contributed by atoms with Crippen molar-refractivity contribution in [1.82, 2.24) is 5.16 Å². The SMILES string of the molecule is Cc1cccc(N2C(=O)C3SC=CC3=[N+](Cc3c(C)noc3C)C2=O)c1. The maximum atomic E-state index is 13.3. The van der Waals surface area contributed by atoms with E-state index in [1.165, 1.54) is 16.7 Å². The molecule has 0 saturated heterocycles. The Kier molecular flexibility index (Phi) is 4.03. The van der Waals surface area contributed by atoms with E-state index in [1.807, 2.05) is 50.5 Å². The highest BCUT2D eigenvalue weighted by Gasteiger charge is 2.50. The molecular formula is C19H18N3O3S+. The van der Waals surface area contributed by atoms with Gasteiger partial charge in [0.2, 0.25) is 0 Å². The van der Waals surface area contributed by atoms with Gasteiger partial charge in [0, 0.05) is 0 Å². The van der Waals surface area contributed by atoms with Crippen LogP contribution in [0.15, 0.2) is 40.3 Å². The van der Waals surface area contributed by atoms with Crippen LogP contribution in [0.5, 0.6) is 0 Å². The minimum absolute atomic E-state index is 0.208. The molecule has 0 N–H and O–H groups in total. The first kappa shape index (κ1) is 16.8. The highest BCUT2D eigenvalue weighted by atomic mass is 32.2. The number of aryl methyl sites for hydroxylation is 3. The largest absolute Gasteiger partial charge is 0.506 e. The third-order valence-corrected chi connectivity index (χ3v) is 5.67. The molecule has 0 bridgehead atoms. The number of thioether (sulfide) groups is 1. The number of benzene rings is 1. The molecule has 0 spiro atoms. The van der Waals surface area contributed by atoms with Crippen LogP contribution in [0.25, 0.3) is 0 Å². The van der Waals surface area contributed by atoms with E-state index >= 15 is 0 Å². The number of imide groups is 1. The molecule has 6 nitrogen and oxygen atoms in total. The third-order valence-electron chi connectivity index (χ3n) is 4.66. The van der Waals surface area contributed by atoms with Gasteiger partial charge in [0.15, 0.2) is 5.25 Å². The summed E-state index contributed by atoms with van der Waals surface area (Å²) in [6, 6.07) is 7.08. The standard InChI is InChI=1S/C19H18N3O3S/c1-11-5-4-6-14(9-11)22-18(23)17-16(7-8-26-17)21(19(22)24)10-15-12(2)20-25-13(15)3/h4-9,17H,10H2,1-3H3/q+1. The van der Waals surface area contributed by atoms with Crippen molar-refractivity contribution in [1.29, 1.82) is 0 Å². The van der Waals surface area contributed by atoms with Gasteiger partial charge in [-0.3, -0.25) is 0 Å². The number of carbonyl (C=O) groups is 2. The minimum atomic E-state index is -0.409. The fraction of sp³-hybridized carbons (Fsp3) is 0.263. The lowest BCUT2D eigenvalue weighted by Gasteiger charge is -2.24. The van der Waals surface area contributed by atoms with Crippen LogP contribution >= 0.6 is 11.8 Å². The normalized spacial score (nSPS) is 19.5. The van der Waals surface area contributed by atoms with Gasteiger partial charge >= 0.3 is 11.9 Å². The summed E-state index contributed by atoms with van der Waals surface area (Å²) in [4.78, 5) is 27.5. The number of carbonyl (C=O) groups excluding carboxylic acids is 2. The second-order valence-corrected chi connectivity index (χ2v) is 7.44. The van der Waals surface area contributed by atoms with Crippen molar-refractivity contribution in [2.75, 3.05) is 4.90 Å². The lowest BCUT2D eigenvalue weighted by molar-refractivity contribution is -0.444. The maximum absolute atomic E-state index is 13.3. The number of fused-ring (bicyclic) bond motifs is 1. The number of nitrogens with zero attached hydrogens (tertiary/aromatic N) is 3. The Morgan fingerprint density at radius 1 is 1.27 bits per heavy atom. The van der Waals surface area contributed by atoms with Crippen molar-refractivity contribution < 1.29 is 18.7 Å². The summed E-state index contributed by atoms with van der Waals surface area (Å²) < 4.78 is 6.88. The van der Waals surface area contributed by atoms with Crippen LogP contribution in [0.4, 0.5) is 10.5 Å². The van der Waals surface area contributed by atoms with Crippen LogP contribution < -0.4 is 4.90 Å². The second-order valence-electron chi connectivity index (χ2n) is 6.43. The van der Waals surface area contributed by atoms with Crippen molar-refractivity contribution in [2.45, 2.75) is 32.6 Å². The highest BCUT2D eigenvalue weighted by Crippen LogP contribution is 2.31. The first-order valence-corrected chi connectivity index (χ1v) is 9.24.